The van der Waals surface area contributed by atoms with Crippen molar-refractivity contribution in [3.63, 3.8) is 0 Å². The summed E-state index contributed by atoms with van der Waals surface area (Å²) in [4.78, 5) is 31.9. The zero-order valence-electron chi connectivity index (χ0n) is 21.8. The van der Waals surface area contributed by atoms with E-state index >= 15 is 0 Å². The molecule has 11 heteroatoms. The molecule has 40 heavy (non-hydrogen) atoms. The molecule has 0 saturated heterocycles. The molecular weight excluding hydrogens is 506 g/mol. The van der Waals surface area contributed by atoms with Gasteiger partial charge in [-0.05, 0) is 48.1 Å². The first-order chi connectivity index (χ1) is 19.4. The first-order valence-electron chi connectivity index (χ1n) is 12.4. The van der Waals surface area contributed by atoms with E-state index in [1.54, 1.807) is 9.25 Å². The summed E-state index contributed by atoms with van der Waals surface area (Å²) in [6.45, 7) is 2.06. The molecule has 0 fully saturated rings. The lowest BCUT2D eigenvalue weighted by Gasteiger charge is -2.14. The number of rotatable bonds is 3. The van der Waals surface area contributed by atoms with E-state index < -0.39 is 5.91 Å². The van der Waals surface area contributed by atoms with Crippen molar-refractivity contribution >= 4 is 28.1 Å². The standard InChI is InChI=1S/C23H19N3O.C6H6N6O/c1-3-20-16-18-9-7-8-17(12-13-19-14-15-25(2)24-19)22(18)23(27)26(20)21-10-5-4-6-11-21;7-4-3(5(8)13)6-10-1-9-2-12(6)11-4/h4-11,14-16H,3H2,1-2H3;1-2H,(H2,7,11)(H2,8,13). The van der Waals surface area contributed by atoms with Crippen LogP contribution in [0.1, 0.15) is 34.2 Å². The van der Waals surface area contributed by atoms with Crippen LogP contribution >= 0.6 is 0 Å². The second-order valence-corrected chi connectivity index (χ2v) is 8.76. The number of pyridine rings is 1. The van der Waals surface area contributed by atoms with Gasteiger partial charge in [0, 0.05) is 30.2 Å². The molecule has 0 aliphatic rings. The topological polar surface area (TPSA) is 152 Å². The van der Waals surface area contributed by atoms with Crippen LogP contribution in [0, 0.1) is 11.8 Å². The maximum Gasteiger partial charge on any atom is 0.264 e. The average Bonchev–Trinajstić information content (AvgIpc) is 3.53. The maximum atomic E-state index is 13.4. The fourth-order valence-corrected chi connectivity index (χ4v) is 4.32. The number of aromatic nitrogens is 7. The van der Waals surface area contributed by atoms with Crippen molar-refractivity contribution in [1.29, 1.82) is 0 Å². The third-order valence-corrected chi connectivity index (χ3v) is 6.12. The maximum absolute atomic E-state index is 13.4. The SMILES string of the molecule is CCc1cc2cccc(C#Cc3ccn(C)n3)c2c(=O)n1-c1ccccc1.NC(=O)c1c(N)nn2cncnc12. The van der Waals surface area contributed by atoms with Crippen LogP contribution in [0.5, 0.6) is 0 Å². The molecule has 2 aromatic carbocycles. The zero-order chi connectivity index (χ0) is 28.2. The van der Waals surface area contributed by atoms with Gasteiger partial charge in [0.15, 0.2) is 11.5 Å². The zero-order valence-corrected chi connectivity index (χ0v) is 21.8. The predicted octanol–water partition coefficient (Wildman–Crippen LogP) is 2.49. The molecule has 11 nitrogen and oxygen atoms in total. The van der Waals surface area contributed by atoms with E-state index in [0.29, 0.717) is 16.7 Å². The number of amides is 1. The van der Waals surface area contributed by atoms with Crippen molar-refractivity contribution in [2.75, 3.05) is 5.73 Å². The number of nitrogens with zero attached hydrogens (tertiary/aromatic N) is 7. The van der Waals surface area contributed by atoms with Gasteiger partial charge < -0.3 is 11.5 Å². The summed E-state index contributed by atoms with van der Waals surface area (Å²) in [5.41, 5.74) is 14.2. The fourth-order valence-electron chi connectivity index (χ4n) is 4.32. The minimum Gasteiger partial charge on any atom is -0.381 e. The molecule has 0 aliphatic carbocycles. The Bertz CT molecular complexity index is 1980. The molecule has 0 unspecified atom stereocenters. The van der Waals surface area contributed by atoms with Crippen LogP contribution in [-0.2, 0) is 13.5 Å². The van der Waals surface area contributed by atoms with Crippen LogP contribution in [0.25, 0.3) is 22.1 Å². The normalized spacial score (nSPS) is 10.6. The quantitative estimate of drug-likeness (QED) is 0.333. The predicted molar refractivity (Wildman–Crippen MR) is 152 cm³/mol. The van der Waals surface area contributed by atoms with E-state index in [0.717, 1.165) is 28.8 Å². The molecule has 1 amide bonds. The van der Waals surface area contributed by atoms with Crippen LogP contribution < -0.4 is 17.0 Å². The van der Waals surface area contributed by atoms with E-state index in [9.17, 15) is 9.59 Å². The van der Waals surface area contributed by atoms with E-state index in [2.05, 4.69) is 45.0 Å². The lowest BCUT2D eigenvalue weighted by atomic mass is 10.0. The summed E-state index contributed by atoms with van der Waals surface area (Å²) in [7, 11) is 1.86. The minimum atomic E-state index is -0.647. The van der Waals surface area contributed by atoms with Crippen molar-refractivity contribution in [2.45, 2.75) is 13.3 Å². The number of hydrogen-bond donors (Lipinski definition) is 2. The van der Waals surface area contributed by atoms with Crippen LogP contribution in [0.2, 0.25) is 0 Å². The van der Waals surface area contributed by atoms with Crippen molar-refractivity contribution in [3.8, 4) is 17.5 Å². The highest BCUT2D eigenvalue weighted by Crippen LogP contribution is 2.19. The molecule has 0 spiro atoms. The number of nitrogens with two attached hydrogens (primary N) is 2. The molecule has 0 aliphatic heterocycles. The molecule has 0 atom stereocenters. The van der Waals surface area contributed by atoms with E-state index in [1.165, 1.54) is 17.2 Å². The van der Waals surface area contributed by atoms with Gasteiger partial charge in [-0.3, -0.25) is 18.8 Å². The van der Waals surface area contributed by atoms with Crippen LogP contribution in [0.4, 0.5) is 5.82 Å². The van der Waals surface area contributed by atoms with Crippen LogP contribution in [0.3, 0.4) is 0 Å². The van der Waals surface area contributed by atoms with Gasteiger partial charge in [-0.15, -0.1) is 5.10 Å². The Kier molecular flexibility index (Phi) is 7.07. The van der Waals surface area contributed by atoms with Crippen molar-refractivity contribution in [3.05, 3.63) is 112 Å². The summed E-state index contributed by atoms with van der Waals surface area (Å²) in [6.07, 6.45) is 5.31. The second kappa shape index (κ2) is 10.9. The molecule has 6 rings (SSSR count). The first kappa shape index (κ1) is 25.9. The average molecular weight is 532 g/mol. The summed E-state index contributed by atoms with van der Waals surface area (Å²) in [5, 5.41) is 9.64. The molecular formula is C29H25N9O2. The highest BCUT2D eigenvalue weighted by molar-refractivity contribution is 6.03. The molecule has 6 aromatic rings. The van der Waals surface area contributed by atoms with Gasteiger partial charge in [0.2, 0.25) is 0 Å². The molecule has 0 bridgehead atoms. The van der Waals surface area contributed by atoms with Gasteiger partial charge in [0.05, 0.1) is 5.39 Å². The Labute approximate surface area is 228 Å². The van der Waals surface area contributed by atoms with Crippen LogP contribution in [0.15, 0.2) is 84.3 Å². The lowest BCUT2D eigenvalue weighted by molar-refractivity contribution is 0.100. The Balaban J connectivity index is 0.000000207. The Morgan fingerprint density at radius 3 is 2.52 bits per heavy atom. The number of para-hydroxylation sites is 1. The number of nitrogen functional groups attached to an aromatic ring is 1. The summed E-state index contributed by atoms with van der Waals surface area (Å²) in [5.74, 6) is 5.61. The number of carbonyl (C=O) groups is 1. The number of anilines is 1. The van der Waals surface area contributed by atoms with Gasteiger partial charge in [-0.2, -0.15) is 5.10 Å². The van der Waals surface area contributed by atoms with Crippen LogP contribution in [-0.4, -0.2) is 39.8 Å². The minimum absolute atomic E-state index is 0.0403. The number of benzene rings is 2. The van der Waals surface area contributed by atoms with Crippen molar-refractivity contribution < 1.29 is 4.79 Å². The van der Waals surface area contributed by atoms with Crippen molar-refractivity contribution in [2.24, 2.45) is 12.8 Å². The summed E-state index contributed by atoms with van der Waals surface area (Å²) in [6, 6.07) is 19.5. The third-order valence-electron chi connectivity index (χ3n) is 6.12. The van der Waals surface area contributed by atoms with E-state index in [1.807, 2.05) is 67.8 Å². The third kappa shape index (κ3) is 5.01. The Morgan fingerprint density at radius 2 is 1.82 bits per heavy atom. The van der Waals surface area contributed by atoms with Gasteiger partial charge in [-0.25, -0.2) is 14.5 Å². The molecule has 4 heterocycles. The summed E-state index contributed by atoms with van der Waals surface area (Å²) < 4.78 is 4.80. The molecule has 0 saturated carbocycles. The summed E-state index contributed by atoms with van der Waals surface area (Å²) >= 11 is 0. The number of primary amides is 1. The highest BCUT2D eigenvalue weighted by atomic mass is 16.1. The van der Waals surface area contributed by atoms with E-state index in [4.69, 9.17) is 11.5 Å². The second-order valence-electron chi connectivity index (χ2n) is 8.76. The van der Waals surface area contributed by atoms with Crippen molar-refractivity contribution in [1.82, 2.24) is 33.9 Å². The van der Waals surface area contributed by atoms with Gasteiger partial charge >= 0.3 is 0 Å². The smallest absolute Gasteiger partial charge is 0.264 e. The lowest BCUT2D eigenvalue weighted by Crippen LogP contribution is -2.22. The molecule has 198 valence electrons. The molecule has 4 aromatic heterocycles. The Hall–Kier alpha value is -5.76. The number of aryl methyl sites for hydroxylation is 2. The number of fused-ring (bicyclic) bond motifs is 2. The van der Waals surface area contributed by atoms with E-state index in [-0.39, 0.29) is 16.9 Å². The molecule has 4 N–H and O–H groups in total. The highest BCUT2D eigenvalue weighted by Gasteiger charge is 2.16. The van der Waals surface area contributed by atoms with Gasteiger partial charge in [0.1, 0.15) is 23.9 Å². The Morgan fingerprint density at radius 1 is 1.02 bits per heavy atom. The number of carbonyl (C=O) groups excluding carboxylic acids is 1. The monoisotopic (exact) mass is 531 g/mol. The van der Waals surface area contributed by atoms with Gasteiger partial charge in [0.25, 0.3) is 11.5 Å². The van der Waals surface area contributed by atoms with Gasteiger partial charge in [-0.1, -0.05) is 43.2 Å². The number of hydrogen-bond acceptors (Lipinski definition) is 7. The molecule has 0 radical (unpaired) electrons. The fraction of sp³-hybridized carbons (Fsp3) is 0.103. The first-order valence-corrected chi connectivity index (χ1v) is 12.4. The largest absolute Gasteiger partial charge is 0.381 e.